The molecule has 3 atom stereocenters. The minimum atomic E-state index is -3.78. The highest BCUT2D eigenvalue weighted by Crippen LogP contribution is 2.32. The summed E-state index contributed by atoms with van der Waals surface area (Å²) in [6.07, 6.45) is 0.912. The van der Waals surface area contributed by atoms with Crippen molar-refractivity contribution in [3.05, 3.63) is 0 Å². The topological polar surface area (TPSA) is 114 Å². The minimum Gasteiger partial charge on any atom is -0.379 e. The highest BCUT2D eigenvalue weighted by molar-refractivity contribution is 7.86. The van der Waals surface area contributed by atoms with Gasteiger partial charge in [-0.3, -0.25) is 8.37 Å². The normalized spacial score (nSPS) is 25.2. The van der Waals surface area contributed by atoms with Crippen LogP contribution in [0.4, 0.5) is 0 Å². The maximum atomic E-state index is 11.6. The van der Waals surface area contributed by atoms with Gasteiger partial charge >= 0.3 is 0 Å². The van der Waals surface area contributed by atoms with Gasteiger partial charge in [0.1, 0.15) is 18.3 Å². The summed E-state index contributed by atoms with van der Waals surface area (Å²) in [5, 5.41) is 0. The lowest BCUT2D eigenvalue weighted by Gasteiger charge is -2.25. The Hall–Kier alpha value is -0.300. The van der Waals surface area contributed by atoms with Gasteiger partial charge in [-0.25, -0.2) is 0 Å². The van der Waals surface area contributed by atoms with E-state index in [1.165, 1.54) is 0 Å². The monoisotopic (exact) mass is 404 g/mol. The van der Waals surface area contributed by atoms with Crippen molar-refractivity contribution in [3.63, 3.8) is 0 Å². The van der Waals surface area contributed by atoms with Crippen LogP contribution in [0.5, 0.6) is 0 Å². The van der Waals surface area contributed by atoms with Gasteiger partial charge in [0.2, 0.25) is 0 Å². The van der Waals surface area contributed by atoms with E-state index in [2.05, 4.69) is 0 Å². The fourth-order valence-electron chi connectivity index (χ4n) is 2.35. The molecule has 0 amide bonds. The quantitative estimate of drug-likeness (QED) is 0.361. The van der Waals surface area contributed by atoms with E-state index in [9.17, 15) is 16.8 Å². The van der Waals surface area contributed by atoms with Gasteiger partial charge in [0.25, 0.3) is 20.2 Å². The molecule has 1 saturated heterocycles. The molecule has 0 aromatic carbocycles. The van der Waals surface area contributed by atoms with Gasteiger partial charge < -0.3 is 14.2 Å². The second-order valence-corrected chi connectivity index (χ2v) is 9.64. The summed E-state index contributed by atoms with van der Waals surface area (Å²) in [6, 6.07) is 0. The summed E-state index contributed by atoms with van der Waals surface area (Å²) in [5.74, 6) is -1.04. The number of hydrogen-bond donors (Lipinski definition) is 0. The van der Waals surface area contributed by atoms with E-state index in [0.29, 0.717) is 6.61 Å². The van der Waals surface area contributed by atoms with E-state index in [1.54, 1.807) is 13.8 Å². The standard InChI is InChI=1S/C14H28O9S2/c1-6-7-8-19-9-12(23-25(5,17)18)13-11(10-20-24(4,15)16)21-14(2,3)22-13/h11-13H,6-10H2,1-5H3/t11-,12-,13-/m0/s1. The molecule has 0 aliphatic carbocycles. The van der Waals surface area contributed by atoms with Gasteiger partial charge in [-0.05, 0) is 20.3 Å². The van der Waals surface area contributed by atoms with Gasteiger partial charge in [0.15, 0.2) is 5.79 Å². The first-order chi connectivity index (χ1) is 11.3. The van der Waals surface area contributed by atoms with E-state index < -0.39 is 44.3 Å². The Morgan fingerprint density at radius 1 is 1.08 bits per heavy atom. The van der Waals surface area contributed by atoms with E-state index >= 15 is 0 Å². The lowest BCUT2D eigenvalue weighted by molar-refractivity contribution is -0.157. The zero-order chi connectivity index (χ0) is 19.3. The SMILES string of the molecule is CCCCOC[C@H](OS(C)(=O)=O)[C@H]1OC(C)(C)O[C@H]1COS(C)(=O)=O. The molecule has 25 heavy (non-hydrogen) atoms. The van der Waals surface area contributed by atoms with Crippen molar-refractivity contribution in [1.29, 1.82) is 0 Å². The van der Waals surface area contributed by atoms with Gasteiger partial charge in [-0.15, -0.1) is 0 Å². The molecular weight excluding hydrogens is 376 g/mol. The van der Waals surface area contributed by atoms with Gasteiger partial charge in [0, 0.05) is 6.61 Å². The fraction of sp³-hybridized carbons (Fsp3) is 1.00. The van der Waals surface area contributed by atoms with Crippen LogP contribution in [-0.4, -0.2) is 73.3 Å². The predicted octanol–water partition coefficient (Wildman–Crippen LogP) is 0.644. The Balaban J connectivity index is 2.88. The van der Waals surface area contributed by atoms with Crippen molar-refractivity contribution >= 4 is 20.2 Å². The first-order valence-corrected chi connectivity index (χ1v) is 11.6. The third kappa shape index (κ3) is 9.27. The van der Waals surface area contributed by atoms with Crippen LogP contribution in [-0.2, 0) is 42.8 Å². The largest absolute Gasteiger partial charge is 0.379 e. The Morgan fingerprint density at radius 2 is 1.72 bits per heavy atom. The molecular formula is C14H28O9S2. The van der Waals surface area contributed by atoms with Crippen LogP contribution in [0.3, 0.4) is 0 Å². The number of rotatable bonds is 11. The summed E-state index contributed by atoms with van der Waals surface area (Å²) in [7, 11) is -7.47. The minimum absolute atomic E-state index is 0.0352. The Labute approximate surface area is 150 Å². The summed E-state index contributed by atoms with van der Waals surface area (Å²) < 4.78 is 72.3. The van der Waals surface area contributed by atoms with Crippen LogP contribution in [0, 0.1) is 0 Å². The average Bonchev–Trinajstić information content (AvgIpc) is 2.73. The molecule has 150 valence electrons. The summed E-state index contributed by atoms with van der Waals surface area (Å²) in [4.78, 5) is 0. The summed E-state index contributed by atoms with van der Waals surface area (Å²) in [5.41, 5.74) is 0. The van der Waals surface area contributed by atoms with Crippen molar-refractivity contribution in [1.82, 2.24) is 0 Å². The van der Waals surface area contributed by atoms with Crippen LogP contribution in [0.2, 0.25) is 0 Å². The Kier molecular flexibility index (Phi) is 8.25. The molecule has 1 fully saturated rings. The second-order valence-electron chi connectivity index (χ2n) is 6.39. The smallest absolute Gasteiger partial charge is 0.264 e. The van der Waals surface area contributed by atoms with E-state index in [1.807, 2.05) is 6.92 Å². The first-order valence-electron chi connectivity index (χ1n) is 7.99. The van der Waals surface area contributed by atoms with Gasteiger partial charge in [0.05, 0.1) is 25.7 Å². The van der Waals surface area contributed by atoms with Gasteiger partial charge in [-0.2, -0.15) is 16.8 Å². The molecule has 11 heteroatoms. The maximum Gasteiger partial charge on any atom is 0.264 e. The zero-order valence-electron chi connectivity index (χ0n) is 15.3. The van der Waals surface area contributed by atoms with Crippen molar-refractivity contribution in [2.24, 2.45) is 0 Å². The first kappa shape index (κ1) is 22.7. The molecule has 1 aliphatic rings. The summed E-state index contributed by atoms with van der Waals surface area (Å²) >= 11 is 0. The molecule has 1 rings (SSSR count). The number of hydrogen-bond acceptors (Lipinski definition) is 9. The van der Waals surface area contributed by atoms with Crippen LogP contribution < -0.4 is 0 Å². The Morgan fingerprint density at radius 3 is 2.24 bits per heavy atom. The third-order valence-electron chi connectivity index (χ3n) is 3.26. The highest BCUT2D eigenvalue weighted by Gasteiger charge is 2.47. The van der Waals surface area contributed by atoms with Crippen molar-refractivity contribution in [3.8, 4) is 0 Å². The third-order valence-corrected chi connectivity index (χ3v) is 4.42. The average molecular weight is 405 g/mol. The maximum absolute atomic E-state index is 11.6. The van der Waals surface area contributed by atoms with Crippen molar-refractivity contribution in [2.45, 2.75) is 57.7 Å². The van der Waals surface area contributed by atoms with Crippen LogP contribution >= 0.6 is 0 Å². The lowest BCUT2D eigenvalue weighted by atomic mass is 10.1. The van der Waals surface area contributed by atoms with E-state index in [4.69, 9.17) is 22.6 Å². The predicted molar refractivity (Wildman–Crippen MR) is 90.1 cm³/mol. The molecule has 0 unspecified atom stereocenters. The molecule has 0 aromatic heterocycles. The summed E-state index contributed by atoms with van der Waals surface area (Å²) in [6.45, 7) is 5.37. The molecule has 0 aromatic rings. The van der Waals surface area contributed by atoms with Crippen LogP contribution in [0.1, 0.15) is 33.6 Å². The molecule has 0 bridgehead atoms. The molecule has 0 radical (unpaired) electrons. The zero-order valence-corrected chi connectivity index (χ0v) is 16.9. The fourth-order valence-corrected chi connectivity index (χ4v) is 3.34. The molecule has 1 heterocycles. The van der Waals surface area contributed by atoms with Crippen molar-refractivity contribution in [2.75, 3.05) is 32.3 Å². The van der Waals surface area contributed by atoms with E-state index in [-0.39, 0.29) is 13.2 Å². The molecule has 0 N–H and O–H groups in total. The molecule has 0 spiro atoms. The van der Waals surface area contributed by atoms with E-state index in [0.717, 1.165) is 25.4 Å². The lowest BCUT2D eigenvalue weighted by Crippen LogP contribution is -2.43. The van der Waals surface area contributed by atoms with Crippen LogP contribution in [0.15, 0.2) is 0 Å². The Bertz CT molecular complexity index is 612. The second kappa shape index (κ2) is 9.07. The molecule has 0 saturated carbocycles. The number of unbranched alkanes of at least 4 members (excludes halogenated alkanes) is 1. The van der Waals surface area contributed by atoms with Crippen molar-refractivity contribution < 1.29 is 39.4 Å². The number of ether oxygens (including phenoxy) is 3. The molecule has 9 nitrogen and oxygen atoms in total. The van der Waals surface area contributed by atoms with Gasteiger partial charge in [-0.1, -0.05) is 13.3 Å². The highest BCUT2D eigenvalue weighted by atomic mass is 32.2. The van der Waals surface area contributed by atoms with Crippen LogP contribution in [0.25, 0.3) is 0 Å². The molecule has 1 aliphatic heterocycles.